The lowest BCUT2D eigenvalue weighted by molar-refractivity contribution is -0.158. The Morgan fingerprint density at radius 1 is 1.19 bits per heavy atom. The molecule has 0 saturated carbocycles. The first-order chi connectivity index (χ1) is 12.8. The topological polar surface area (TPSA) is 69.7 Å². The largest absolute Gasteiger partial charge is 0.468 e. The van der Waals surface area contributed by atoms with Crippen LogP contribution in [0.4, 0.5) is 0 Å². The van der Waals surface area contributed by atoms with Crippen LogP contribution in [0.3, 0.4) is 0 Å². The summed E-state index contributed by atoms with van der Waals surface area (Å²) >= 11 is 9.28. The fraction of sp³-hybridized carbons (Fsp3) is 0.250. The van der Waals surface area contributed by atoms with Crippen molar-refractivity contribution in [1.82, 2.24) is 0 Å². The lowest BCUT2D eigenvalue weighted by atomic mass is 9.73. The first kappa shape index (κ1) is 19.6. The summed E-state index contributed by atoms with van der Waals surface area (Å²) in [5.74, 6) is -3.92. The second kappa shape index (κ2) is 7.82. The molecule has 0 amide bonds. The maximum atomic E-state index is 13.1. The Kier molecular flexibility index (Phi) is 5.67. The highest BCUT2D eigenvalue weighted by atomic mass is 79.9. The van der Waals surface area contributed by atoms with Gasteiger partial charge in [-0.25, -0.2) is 0 Å². The van der Waals surface area contributed by atoms with E-state index in [-0.39, 0.29) is 5.78 Å². The number of esters is 2. The van der Waals surface area contributed by atoms with Gasteiger partial charge < -0.3 is 9.47 Å². The second-order valence-corrected chi connectivity index (χ2v) is 7.64. The van der Waals surface area contributed by atoms with Gasteiger partial charge in [-0.2, -0.15) is 0 Å². The van der Waals surface area contributed by atoms with Crippen LogP contribution in [0.5, 0.6) is 5.75 Å². The molecule has 0 aliphatic carbocycles. The molecule has 0 saturated heterocycles. The van der Waals surface area contributed by atoms with Crippen LogP contribution in [0.2, 0.25) is 5.02 Å². The first-order valence-electron chi connectivity index (χ1n) is 8.22. The molecule has 0 aromatic heterocycles. The molecule has 1 aliphatic heterocycles. The third-order valence-electron chi connectivity index (χ3n) is 4.69. The van der Waals surface area contributed by atoms with E-state index in [2.05, 4.69) is 15.9 Å². The lowest BCUT2D eigenvalue weighted by Crippen LogP contribution is -2.42. The molecule has 0 N–H and O–H groups in total. The Hall–Kier alpha value is -2.18. The third kappa shape index (κ3) is 3.77. The van der Waals surface area contributed by atoms with E-state index in [1.54, 1.807) is 49.4 Å². The van der Waals surface area contributed by atoms with E-state index < -0.39 is 29.7 Å². The molecule has 0 unspecified atom stereocenters. The molecule has 140 valence electrons. The van der Waals surface area contributed by atoms with Gasteiger partial charge in [0.05, 0.1) is 7.11 Å². The van der Waals surface area contributed by atoms with Crippen molar-refractivity contribution in [1.29, 1.82) is 0 Å². The molecule has 0 spiro atoms. The van der Waals surface area contributed by atoms with Gasteiger partial charge in [-0.1, -0.05) is 34.5 Å². The number of halogens is 2. The Bertz CT molecular complexity index is 909. The zero-order valence-corrected chi connectivity index (χ0v) is 16.9. The fourth-order valence-electron chi connectivity index (χ4n) is 3.34. The summed E-state index contributed by atoms with van der Waals surface area (Å²) in [5, 5.41) is 0.516. The summed E-state index contributed by atoms with van der Waals surface area (Å²) in [6.07, 6.45) is 0. The van der Waals surface area contributed by atoms with Crippen LogP contribution in [0.25, 0.3) is 0 Å². The van der Waals surface area contributed by atoms with Gasteiger partial charge in [0.2, 0.25) is 0 Å². The number of methoxy groups -OCH3 is 1. The summed E-state index contributed by atoms with van der Waals surface area (Å²) in [6.45, 7) is 1.70. The summed E-state index contributed by atoms with van der Waals surface area (Å²) < 4.78 is 10.9. The molecule has 3 rings (SSSR count). The van der Waals surface area contributed by atoms with Gasteiger partial charge >= 0.3 is 11.9 Å². The van der Waals surface area contributed by atoms with Gasteiger partial charge in [0, 0.05) is 32.5 Å². The number of hydrogen-bond donors (Lipinski definition) is 0. The predicted molar refractivity (Wildman–Crippen MR) is 103 cm³/mol. The van der Waals surface area contributed by atoms with Gasteiger partial charge in [-0.3, -0.25) is 14.4 Å². The third-order valence-corrected chi connectivity index (χ3v) is 5.44. The zero-order valence-electron chi connectivity index (χ0n) is 14.6. The van der Waals surface area contributed by atoms with E-state index >= 15 is 0 Å². The molecular formula is C20H16BrClO5. The first-order valence-corrected chi connectivity index (χ1v) is 9.39. The molecule has 0 radical (unpaired) electrons. The average Bonchev–Trinajstić information content (AvgIpc) is 2.66. The summed E-state index contributed by atoms with van der Waals surface area (Å²) in [7, 11) is 1.20. The smallest absolute Gasteiger partial charge is 0.326 e. The van der Waals surface area contributed by atoms with E-state index in [0.29, 0.717) is 21.9 Å². The Morgan fingerprint density at radius 2 is 1.85 bits per heavy atom. The minimum Gasteiger partial charge on any atom is -0.468 e. The monoisotopic (exact) mass is 450 g/mol. The Labute approximate surface area is 169 Å². The SMILES string of the molecule is COC(=O)[C@@H]1C(=O)Oc2ccc(Br)cc2[C@@H]1[C@H](C)C(=O)c1ccc(Cl)cc1. The van der Waals surface area contributed by atoms with Crippen molar-refractivity contribution in [3.8, 4) is 5.75 Å². The van der Waals surface area contributed by atoms with Gasteiger partial charge in [-0.05, 0) is 42.5 Å². The highest BCUT2D eigenvalue weighted by molar-refractivity contribution is 9.10. The molecule has 0 bridgehead atoms. The van der Waals surface area contributed by atoms with E-state index in [0.717, 1.165) is 4.47 Å². The molecule has 3 atom stereocenters. The number of benzene rings is 2. The zero-order chi connectivity index (χ0) is 19.7. The van der Waals surface area contributed by atoms with Crippen LogP contribution in [0, 0.1) is 11.8 Å². The molecule has 5 nitrogen and oxygen atoms in total. The molecule has 0 fully saturated rings. The highest BCUT2D eigenvalue weighted by Gasteiger charge is 2.47. The van der Waals surface area contributed by atoms with Gasteiger partial charge in [0.1, 0.15) is 5.75 Å². The quantitative estimate of drug-likeness (QED) is 0.298. The van der Waals surface area contributed by atoms with Gasteiger partial charge in [0.25, 0.3) is 0 Å². The summed E-state index contributed by atoms with van der Waals surface area (Å²) in [5.41, 5.74) is 1.06. The molecule has 1 aliphatic rings. The Balaban J connectivity index is 2.08. The van der Waals surface area contributed by atoms with E-state index in [4.69, 9.17) is 21.1 Å². The summed E-state index contributed by atoms with van der Waals surface area (Å²) in [4.78, 5) is 37.9. The number of ether oxygens (including phenoxy) is 2. The maximum Gasteiger partial charge on any atom is 0.326 e. The number of Topliss-reactive ketones (excluding diaryl/α,β-unsaturated/α-hetero) is 1. The van der Waals surface area contributed by atoms with Crippen molar-refractivity contribution >= 4 is 45.3 Å². The number of carbonyl (C=O) groups is 3. The van der Waals surface area contributed by atoms with Crippen molar-refractivity contribution in [3.63, 3.8) is 0 Å². The molecule has 1 heterocycles. The maximum absolute atomic E-state index is 13.1. The number of hydrogen-bond acceptors (Lipinski definition) is 5. The van der Waals surface area contributed by atoms with Crippen LogP contribution >= 0.6 is 27.5 Å². The minimum absolute atomic E-state index is 0.203. The van der Waals surface area contributed by atoms with E-state index in [1.807, 2.05) is 0 Å². The standard InChI is InChI=1S/C20H16BrClO5/c1-10(18(23)11-3-6-13(22)7-4-11)16-14-9-12(21)5-8-15(14)27-20(25)17(16)19(24)26-2/h3-10,16-17H,1-2H3/t10-,16-,17+/m0/s1. The molecule has 2 aromatic carbocycles. The molecule has 2 aromatic rings. The minimum atomic E-state index is -1.22. The average molecular weight is 452 g/mol. The number of ketones is 1. The van der Waals surface area contributed by atoms with E-state index in [1.165, 1.54) is 7.11 Å². The number of rotatable bonds is 4. The van der Waals surface area contributed by atoms with Crippen LogP contribution in [0.15, 0.2) is 46.9 Å². The number of fused-ring (bicyclic) bond motifs is 1. The molecular weight excluding hydrogens is 436 g/mol. The van der Waals surface area contributed by atoms with Crippen LogP contribution in [-0.2, 0) is 14.3 Å². The van der Waals surface area contributed by atoms with Crippen molar-refractivity contribution in [2.24, 2.45) is 11.8 Å². The predicted octanol–water partition coefficient (Wildman–Crippen LogP) is 4.41. The highest BCUT2D eigenvalue weighted by Crippen LogP contribution is 2.44. The van der Waals surface area contributed by atoms with Gasteiger partial charge in [0.15, 0.2) is 11.7 Å². The second-order valence-electron chi connectivity index (χ2n) is 6.29. The lowest BCUT2D eigenvalue weighted by Gasteiger charge is -2.33. The van der Waals surface area contributed by atoms with Crippen molar-refractivity contribution in [3.05, 3.63) is 63.1 Å². The van der Waals surface area contributed by atoms with Crippen molar-refractivity contribution in [2.45, 2.75) is 12.8 Å². The Morgan fingerprint density at radius 3 is 2.48 bits per heavy atom. The van der Waals surface area contributed by atoms with Crippen LogP contribution < -0.4 is 4.74 Å². The fourth-order valence-corrected chi connectivity index (χ4v) is 3.84. The van der Waals surface area contributed by atoms with Gasteiger partial charge in [-0.15, -0.1) is 0 Å². The van der Waals surface area contributed by atoms with E-state index in [9.17, 15) is 14.4 Å². The summed E-state index contributed by atoms with van der Waals surface area (Å²) in [6, 6.07) is 11.6. The number of carbonyl (C=O) groups excluding carboxylic acids is 3. The van der Waals surface area contributed by atoms with Crippen molar-refractivity contribution in [2.75, 3.05) is 7.11 Å². The normalized spacial score (nSPS) is 19.6. The molecule has 27 heavy (non-hydrogen) atoms. The van der Waals surface area contributed by atoms with Crippen molar-refractivity contribution < 1.29 is 23.9 Å². The van der Waals surface area contributed by atoms with Crippen LogP contribution in [0.1, 0.15) is 28.8 Å². The van der Waals surface area contributed by atoms with Crippen LogP contribution in [-0.4, -0.2) is 24.8 Å². The molecule has 7 heteroatoms.